The Kier molecular flexibility index (Phi) is 9.05. The summed E-state index contributed by atoms with van der Waals surface area (Å²) in [7, 11) is -3.98. The van der Waals surface area contributed by atoms with Gasteiger partial charge in [-0.3, -0.25) is 5.32 Å². The normalized spacial score (nSPS) is 18.3. The van der Waals surface area contributed by atoms with Gasteiger partial charge in [0.25, 0.3) is 0 Å². The molecule has 0 aliphatic carbocycles. The minimum Gasteiger partial charge on any atom is -0.444 e. The Morgan fingerprint density at radius 3 is 2.33 bits per heavy atom. The van der Waals surface area contributed by atoms with Crippen molar-refractivity contribution in [3.8, 4) is 11.8 Å². The zero-order valence-electron chi connectivity index (χ0n) is 22.5. The van der Waals surface area contributed by atoms with Crippen molar-refractivity contribution in [3.63, 3.8) is 0 Å². The molecule has 10 nitrogen and oxygen atoms in total. The molecule has 0 radical (unpaired) electrons. The molecule has 1 aromatic carbocycles. The van der Waals surface area contributed by atoms with E-state index in [9.17, 15) is 31.5 Å². The van der Waals surface area contributed by atoms with Crippen LogP contribution in [0.4, 0.5) is 29.5 Å². The van der Waals surface area contributed by atoms with E-state index in [-0.39, 0.29) is 30.3 Å². The molecule has 0 bridgehead atoms. The first kappa shape index (κ1) is 31.2. The van der Waals surface area contributed by atoms with Crippen molar-refractivity contribution in [1.82, 2.24) is 9.29 Å². The molecular formula is C26H32F3N5O5S. The van der Waals surface area contributed by atoms with E-state index in [0.717, 1.165) is 18.3 Å². The van der Waals surface area contributed by atoms with Crippen molar-refractivity contribution >= 4 is 27.6 Å². The van der Waals surface area contributed by atoms with Crippen LogP contribution in [-0.4, -0.2) is 72.9 Å². The van der Waals surface area contributed by atoms with Gasteiger partial charge < -0.3 is 20.5 Å². The molecule has 1 aliphatic heterocycles. The highest BCUT2D eigenvalue weighted by Crippen LogP contribution is 2.39. The molecule has 1 aliphatic rings. The number of aromatic nitrogens is 1. The zero-order chi connectivity index (χ0) is 29.9. The van der Waals surface area contributed by atoms with E-state index in [1.165, 1.54) is 28.6 Å². The second-order valence-corrected chi connectivity index (χ2v) is 12.0. The fraction of sp³-hybridized carbons (Fsp3) is 0.462. The Bertz CT molecular complexity index is 1370. The standard InChI is InChI=1S/C26H32F3N5O5S/c1-5-6-20-16-33(40(37,38)21-11-12-22(31-15-21)32-23(35)39-24(2,3)4)13-14-34(20)19-9-7-18(8-10-19)25(36,17-30)26(27,28)29/h7-12,15,20,36H,13-14,16-17,30H2,1-4H3,(H,31,32,35)/t20-,25?/m0/s1. The molecule has 3 rings (SSSR count). The maximum absolute atomic E-state index is 13.4. The monoisotopic (exact) mass is 583 g/mol. The first-order chi connectivity index (χ1) is 18.5. The number of carbonyl (C=O) groups is 1. The molecule has 14 heteroatoms. The molecular weight excluding hydrogens is 551 g/mol. The maximum atomic E-state index is 13.4. The molecule has 2 heterocycles. The molecule has 1 unspecified atom stereocenters. The van der Waals surface area contributed by atoms with E-state index in [2.05, 4.69) is 22.1 Å². The third-order valence-electron chi connectivity index (χ3n) is 6.10. The van der Waals surface area contributed by atoms with Gasteiger partial charge in [0.05, 0.1) is 0 Å². The van der Waals surface area contributed by atoms with Crippen LogP contribution < -0.4 is 16.0 Å². The maximum Gasteiger partial charge on any atom is 0.422 e. The van der Waals surface area contributed by atoms with Crippen LogP contribution in [0.25, 0.3) is 0 Å². The fourth-order valence-corrected chi connectivity index (χ4v) is 5.45. The van der Waals surface area contributed by atoms with Gasteiger partial charge in [0, 0.05) is 38.1 Å². The molecule has 40 heavy (non-hydrogen) atoms. The first-order valence-corrected chi connectivity index (χ1v) is 13.7. The smallest absolute Gasteiger partial charge is 0.422 e. The minimum atomic E-state index is -4.96. The Balaban J connectivity index is 1.77. The van der Waals surface area contributed by atoms with E-state index < -0.39 is 51.6 Å². The summed E-state index contributed by atoms with van der Waals surface area (Å²) in [6.07, 6.45) is -4.56. The predicted octanol–water partition coefficient (Wildman–Crippen LogP) is 3.04. The second kappa shape index (κ2) is 11.6. The highest BCUT2D eigenvalue weighted by Gasteiger charge is 2.54. The van der Waals surface area contributed by atoms with Gasteiger partial charge in [-0.1, -0.05) is 18.1 Å². The van der Waals surface area contributed by atoms with Crippen LogP contribution in [0.2, 0.25) is 0 Å². The van der Waals surface area contributed by atoms with Crippen LogP contribution in [0.3, 0.4) is 0 Å². The molecule has 4 N–H and O–H groups in total. The van der Waals surface area contributed by atoms with Crippen molar-refractivity contribution in [2.75, 3.05) is 36.4 Å². The van der Waals surface area contributed by atoms with Crippen LogP contribution in [0, 0.1) is 11.8 Å². The highest BCUT2D eigenvalue weighted by atomic mass is 32.2. The third kappa shape index (κ3) is 6.84. The van der Waals surface area contributed by atoms with Gasteiger partial charge in [0.2, 0.25) is 10.0 Å². The topological polar surface area (TPSA) is 138 Å². The summed E-state index contributed by atoms with van der Waals surface area (Å²) in [6, 6.07) is 7.19. The molecule has 2 atom stereocenters. The number of pyridine rings is 1. The van der Waals surface area contributed by atoms with Crippen molar-refractivity contribution in [2.24, 2.45) is 5.73 Å². The molecule has 0 saturated carbocycles. The van der Waals surface area contributed by atoms with Crippen LogP contribution in [0.5, 0.6) is 0 Å². The summed E-state index contributed by atoms with van der Waals surface area (Å²) in [4.78, 5) is 17.7. The Morgan fingerprint density at radius 1 is 1.18 bits per heavy atom. The van der Waals surface area contributed by atoms with Crippen LogP contribution >= 0.6 is 0 Å². The molecule has 2 aromatic rings. The van der Waals surface area contributed by atoms with Crippen molar-refractivity contribution < 1.29 is 36.2 Å². The van der Waals surface area contributed by atoms with Crippen molar-refractivity contribution in [2.45, 2.75) is 56.0 Å². The third-order valence-corrected chi connectivity index (χ3v) is 7.95. The van der Waals surface area contributed by atoms with Gasteiger partial charge in [0.15, 0.2) is 5.60 Å². The summed E-state index contributed by atoms with van der Waals surface area (Å²) < 4.78 is 73.3. The molecule has 1 aromatic heterocycles. The number of sulfonamides is 1. The Morgan fingerprint density at radius 2 is 1.82 bits per heavy atom. The van der Waals surface area contributed by atoms with Gasteiger partial charge >= 0.3 is 12.3 Å². The number of nitrogens with one attached hydrogen (secondary N) is 1. The van der Waals surface area contributed by atoms with E-state index in [1.807, 2.05) is 0 Å². The lowest BCUT2D eigenvalue weighted by molar-refractivity contribution is -0.262. The number of aliphatic hydroxyl groups is 1. The Hall–Kier alpha value is -3.38. The number of hydrogen-bond acceptors (Lipinski definition) is 8. The summed E-state index contributed by atoms with van der Waals surface area (Å²) in [5, 5.41) is 12.6. The lowest BCUT2D eigenvalue weighted by atomic mass is 9.93. The van der Waals surface area contributed by atoms with E-state index in [0.29, 0.717) is 5.69 Å². The fourth-order valence-electron chi connectivity index (χ4n) is 4.07. The Labute approximate surface area is 231 Å². The molecule has 1 saturated heterocycles. The molecule has 1 fully saturated rings. The van der Waals surface area contributed by atoms with E-state index in [4.69, 9.17) is 10.5 Å². The molecule has 1 amide bonds. The number of hydrogen-bond donors (Lipinski definition) is 3. The molecule has 218 valence electrons. The van der Waals surface area contributed by atoms with Crippen LogP contribution in [0.15, 0.2) is 47.5 Å². The van der Waals surface area contributed by atoms with Crippen LogP contribution in [0.1, 0.15) is 33.3 Å². The SMILES string of the molecule is CC#C[C@H]1CN(S(=O)(=O)c2ccc(NC(=O)OC(C)(C)C)nc2)CCN1c1ccc(C(O)(CN)C(F)(F)F)cc1. The van der Waals surface area contributed by atoms with Gasteiger partial charge in [-0.05, 0) is 57.5 Å². The summed E-state index contributed by atoms with van der Waals surface area (Å²) in [5.41, 5.74) is 1.44. The average Bonchev–Trinajstić information content (AvgIpc) is 2.87. The lowest BCUT2D eigenvalue weighted by Gasteiger charge is -2.40. The quantitative estimate of drug-likeness (QED) is 0.442. The van der Waals surface area contributed by atoms with E-state index in [1.54, 1.807) is 32.6 Å². The van der Waals surface area contributed by atoms with E-state index >= 15 is 0 Å². The summed E-state index contributed by atoms with van der Waals surface area (Å²) in [6.45, 7) is 5.92. The number of amides is 1. The lowest BCUT2D eigenvalue weighted by Crippen LogP contribution is -2.54. The molecule has 0 spiro atoms. The number of rotatable bonds is 6. The highest BCUT2D eigenvalue weighted by molar-refractivity contribution is 7.89. The van der Waals surface area contributed by atoms with Gasteiger partial charge in [0.1, 0.15) is 22.4 Å². The number of alkyl halides is 3. The number of carbonyl (C=O) groups excluding carboxylic acids is 1. The number of halogens is 3. The van der Waals surface area contributed by atoms with Crippen LogP contribution in [-0.2, 0) is 20.4 Å². The van der Waals surface area contributed by atoms with Gasteiger partial charge in [-0.2, -0.15) is 17.5 Å². The first-order valence-electron chi connectivity index (χ1n) is 12.3. The zero-order valence-corrected chi connectivity index (χ0v) is 23.3. The number of piperazine rings is 1. The summed E-state index contributed by atoms with van der Waals surface area (Å²) >= 11 is 0. The average molecular weight is 584 g/mol. The van der Waals surface area contributed by atoms with Crippen molar-refractivity contribution in [1.29, 1.82) is 0 Å². The number of nitrogens with two attached hydrogens (primary N) is 1. The largest absolute Gasteiger partial charge is 0.444 e. The van der Waals surface area contributed by atoms with Gasteiger partial charge in [-0.15, -0.1) is 5.92 Å². The van der Waals surface area contributed by atoms with Crippen molar-refractivity contribution in [3.05, 3.63) is 48.2 Å². The number of anilines is 2. The number of nitrogens with zero attached hydrogens (tertiary/aromatic N) is 3. The second-order valence-electron chi connectivity index (χ2n) is 10.1. The predicted molar refractivity (Wildman–Crippen MR) is 143 cm³/mol. The van der Waals surface area contributed by atoms with Gasteiger partial charge in [-0.25, -0.2) is 18.2 Å². The number of ether oxygens (including phenoxy) is 1. The number of benzene rings is 1. The summed E-state index contributed by atoms with van der Waals surface area (Å²) in [5.74, 6) is 5.85. The minimum absolute atomic E-state index is 0.0158.